The molecule has 0 saturated carbocycles. The van der Waals surface area contributed by atoms with Crippen LogP contribution in [0.2, 0.25) is 0 Å². The Balaban J connectivity index is 1.37. The second kappa shape index (κ2) is 9.07. The van der Waals surface area contributed by atoms with Crippen molar-refractivity contribution in [2.24, 2.45) is 4.99 Å². The van der Waals surface area contributed by atoms with Gasteiger partial charge in [0.25, 0.3) is 0 Å². The first-order valence-corrected chi connectivity index (χ1v) is 12.6. The lowest BCUT2D eigenvalue weighted by atomic mass is 9.90. The molecule has 0 radical (unpaired) electrons. The van der Waals surface area contributed by atoms with Crippen molar-refractivity contribution in [3.05, 3.63) is 68.0 Å². The molecule has 0 spiro atoms. The Morgan fingerprint density at radius 2 is 1.81 bits per heavy atom. The lowest BCUT2D eigenvalue weighted by molar-refractivity contribution is 0.686. The van der Waals surface area contributed by atoms with E-state index >= 15 is 0 Å². The molecule has 0 fully saturated rings. The molecule has 0 unspecified atom stereocenters. The van der Waals surface area contributed by atoms with Crippen molar-refractivity contribution in [2.45, 2.75) is 59.3 Å². The van der Waals surface area contributed by atoms with Crippen LogP contribution in [0.5, 0.6) is 0 Å². The number of hydrogen-bond donors (Lipinski definition) is 2. The van der Waals surface area contributed by atoms with Gasteiger partial charge in [0, 0.05) is 35.6 Å². The third kappa shape index (κ3) is 4.44. The minimum Gasteiger partial charge on any atom is -0.356 e. The molecular weight excluding hydrogens is 412 g/mol. The van der Waals surface area contributed by atoms with Crippen molar-refractivity contribution in [1.82, 2.24) is 10.3 Å². The monoisotopic (exact) mass is 444 g/mol. The van der Waals surface area contributed by atoms with E-state index in [4.69, 9.17) is 4.98 Å². The SMILES string of the molecule is Cc1cc(NC2=NCCCN2)c(C)cc1Cc1nc(-c2ccc3c(c2)CCCC3)c(C)s1. The number of thiazole rings is 1. The smallest absolute Gasteiger partial charge is 0.195 e. The van der Waals surface area contributed by atoms with E-state index in [9.17, 15) is 0 Å². The van der Waals surface area contributed by atoms with Crippen LogP contribution in [0, 0.1) is 20.8 Å². The van der Waals surface area contributed by atoms with Gasteiger partial charge in [0.05, 0.1) is 10.7 Å². The van der Waals surface area contributed by atoms with Gasteiger partial charge in [-0.05, 0) is 92.8 Å². The fraction of sp³-hybridized carbons (Fsp3) is 0.407. The number of nitrogens with one attached hydrogen (secondary N) is 2. The van der Waals surface area contributed by atoms with Gasteiger partial charge in [-0.15, -0.1) is 11.3 Å². The maximum Gasteiger partial charge on any atom is 0.195 e. The van der Waals surface area contributed by atoms with Gasteiger partial charge in [-0.1, -0.05) is 18.2 Å². The van der Waals surface area contributed by atoms with Crippen LogP contribution in [0.1, 0.15) is 57.0 Å². The summed E-state index contributed by atoms with van der Waals surface area (Å²) in [6.45, 7) is 8.44. The molecule has 0 atom stereocenters. The molecule has 2 N–H and O–H groups in total. The van der Waals surface area contributed by atoms with Gasteiger partial charge in [0.1, 0.15) is 0 Å². The molecule has 3 aromatic rings. The summed E-state index contributed by atoms with van der Waals surface area (Å²) in [4.78, 5) is 10.9. The highest BCUT2D eigenvalue weighted by Gasteiger charge is 2.16. The van der Waals surface area contributed by atoms with E-state index in [1.807, 2.05) is 11.3 Å². The summed E-state index contributed by atoms with van der Waals surface area (Å²) in [5.74, 6) is 0.886. The maximum atomic E-state index is 5.08. The van der Waals surface area contributed by atoms with Crippen LogP contribution >= 0.6 is 11.3 Å². The van der Waals surface area contributed by atoms with E-state index in [2.05, 4.69) is 66.7 Å². The number of nitrogens with zero attached hydrogens (tertiary/aromatic N) is 2. The Morgan fingerprint density at radius 1 is 0.969 bits per heavy atom. The van der Waals surface area contributed by atoms with E-state index in [1.165, 1.54) is 68.9 Å². The molecule has 0 saturated heterocycles. The van der Waals surface area contributed by atoms with Gasteiger partial charge in [0.15, 0.2) is 5.96 Å². The van der Waals surface area contributed by atoms with E-state index < -0.39 is 0 Å². The Morgan fingerprint density at radius 3 is 2.62 bits per heavy atom. The summed E-state index contributed by atoms with van der Waals surface area (Å²) in [7, 11) is 0. The highest BCUT2D eigenvalue weighted by Crippen LogP contribution is 2.33. The average molecular weight is 445 g/mol. The number of aliphatic imine (C=N–C) groups is 1. The highest BCUT2D eigenvalue weighted by molar-refractivity contribution is 7.12. The van der Waals surface area contributed by atoms with Gasteiger partial charge < -0.3 is 10.6 Å². The Bertz CT molecular complexity index is 1170. The minimum absolute atomic E-state index is 0.878. The first kappa shape index (κ1) is 21.2. The number of anilines is 1. The van der Waals surface area contributed by atoms with Crippen LogP contribution in [0.25, 0.3) is 11.3 Å². The standard InChI is InChI=1S/C27H32N4S/c1-17-14-24(30-27-28-11-6-12-29-27)18(2)13-23(17)16-25-31-26(19(3)32-25)22-10-9-20-7-4-5-8-21(20)15-22/h9-10,13-15H,4-8,11-12,16H2,1-3H3,(H2,28,29,30). The Hall–Kier alpha value is -2.66. The van der Waals surface area contributed by atoms with Gasteiger partial charge in [0.2, 0.25) is 0 Å². The van der Waals surface area contributed by atoms with E-state index in [0.717, 1.165) is 43.3 Å². The van der Waals surface area contributed by atoms with Gasteiger partial charge >= 0.3 is 0 Å². The van der Waals surface area contributed by atoms with Crippen molar-refractivity contribution < 1.29 is 0 Å². The maximum absolute atomic E-state index is 5.08. The third-order valence-corrected chi connectivity index (χ3v) is 7.61. The number of hydrogen-bond acceptors (Lipinski definition) is 5. The quantitative estimate of drug-likeness (QED) is 0.521. The van der Waals surface area contributed by atoms with Crippen LogP contribution in [-0.4, -0.2) is 24.0 Å². The normalized spacial score (nSPS) is 15.7. The number of guanidine groups is 1. The van der Waals surface area contributed by atoms with E-state index in [-0.39, 0.29) is 0 Å². The number of aryl methyl sites for hydroxylation is 5. The van der Waals surface area contributed by atoms with Crippen molar-refractivity contribution >= 4 is 23.0 Å². The zero-order valence-corrected chi connectivity index (χ0v) is 20.2. The molecule has 5 rings (SSSR count). The zero-order chi connectivity index (χ0) is 22.1. The summed E-state index contributed by atoms with van der Waals surface area (Å²) in [5.41, 5.74) is 10.5. The lowest BCUT2D eigenvalue weighted by Crippen LogP contribution is -2.35. The Kier molecular flexibility index (Phi) is 6.01. The highest BCUT2D eigenvalue weighted by atomic mass is 32.1. The summed E-state index contributed by atoms with van der Waals surface area (Å²) < 4.78 is 0. The molecule has 0 amide bonds. The molecule has 0 bridgehead atoms. The molecular formula is C27H32N4S. The third-order valence-electron chi connectivity index (χ3n) is 6.64. The fourth-order valence-electron chi connectivity index (χ4n) is 4.78. The molecule has 2 heterocycles. The fourth-order valence-corrected chi connectivity index (χ4v) is 5.76. The van der Waals surface area contributed by atoms with Crippen molar-refractivity contribution in [2.75, 3.05) is 18.4 Å². The second-order valence-electron chi connectivity index (χ2n) is 9.11. The first-order valence-electron chi connectivity index (χ1n) is 11.8. The van der Waals surface area contributed by atoms with E-state index in [0.29, 0.717) is 0 Å². The Labute approximate surface area is 195 Å². The van der Waals surface area contributed by atoms with Crippen LogP contribution < -0.4 is 10.6 Å². The predicted octanol–water partition coefficient (Wildman–Crippen LogP) is 5.97. The molecule has 1 aromatic heterocycles. The lowest BCUT2D eigenvalue weighted by Gasteiger charge is -2.18. The van der Waals surface area contributed by atoms with Crippen molar-refractivity contribution in [3.63, 3.8) is 0 Å². The summed E-state index contributed by atoms with van der Waals surface area (Å²) in [6.07, 6.45) is 7.05. The predicted molar refractivity (Wildman–Crippen MR) is 136 cm³/mol. The average Bonchev–Trinajstić information content (AvgIpc) is 3.17. The molecule has 2 aliphatic rings. The van der Waals surface area contributed by atoms with Crippen molar-refractivity contribution in [3.8, 4) is 11.3 Å². The van der Waals surface area contributed by atoms with Crippen LogP contribution in [0.15, 0.2) is 35.3 Å². The van der Waals surface area contributed by atoms with Gasteiger partial charge in [-0.3, -0.25) is 4.99 Å². The number of aromatic nitrogens is 1. The van der Waals surface area contributed by atoms with Crippen LogP contribution in [0.4, 0.5) is 5.69 Å². The molecule has 2 aromatic carbocycles. The second-order valence-corrected chi connectivity index (χ2v) is 10.4. The summed E-state index contributed by atoms with van der Waals surface area (Å²) in [6, 6.07) is 11.5. The molecule has 32 heavy (non-hydrogen) atoms. The van der Waals surface area contributed by atoms with Gasteiger partial charge in [-0.2, -0.15) is 0 Å². The van der Waals surface area contributed by atoms with Crippen molar-refractivity contribution in [1.29, 1.82) is 0 Å². The largest absolute Gasteiger partial charge is 0.356 e. The number of benzene rings is 2. The molecule has 4 nitrogen and oxygen atoms in total. The number of rotatable bonds is 4. The number of fused-ring (bicyclic) bond motifs is 1. The molecule has 166 valence electrons. The topological polar surface area (TPSA) is 49.3 Å². The summed E-state index contributed by atoms with van der Waals surface area (Å²) >= 11 is 1.83. The minimum atomic E-state index is 0.878. The van der Waals surface area contributed by atoms with Gasteiger partial charge in [-0.25, -0.2) is 4.98 Å². The molecule has 1 aliphatic heterocycles. The zero-order valence-electron chi connectivity index (χ0n) is 19.3. The van der Waals surface area contributed by atoms with Crippen LogP contribution in [0.3, 0.4) is 0 Å². The molecule has 1 aliphatic carbocycles. The first-order chi connectivity index (χ1) is 15.6. The van der Waals surface area contributed by atoms with Crippen LogP contribution in [-0.2, 0) is 19.3 Å². The molecule has 5 heteroatoms. The summed E-state index contributed by atoms with van der Waals surface area (Å²) in [5, 5.41) is 8.00. The van der Waals surface area contributed by atoms with E-state index in [1.54, 1.807) is 0 Å².